The second kappa shape index (κ2) is 6.93. The Morgan fingerprint density at radius 3 is 2.35 bits per heavy atom. The molecule has 0 aromatic heterocycles. The second-order valence-corrected chi connectivity index (χ2v) is 7.47. The smallest absolute Gasteiger partial charge is 0.226 e. The van der Waals surface area contributed by atoms with Gasteiger partial charge in [0.05, 0.1) is 6.10 Å². The van der Waals surface area contributed by atoms with Crippen LogP contribution in [0.1, 0.15) is 71.6 Å². The zero-order valence-corrected chi connectivity index (χ0v) is 13.2. The van der Waals surface area contributed by atoms with Gasteiger partial charge in [0.2, 0.25) is 5.91 Å². The maximum absolute atomic E-state index is 12.6. The van der Waals surface area contributed by atoms with Crippen LogP contribution in [0.4, 0.5) is 0 Å². The van der Waals surface area contributed by atoms with Gasteiger partial charge in [0.25, 0.3) is 0 Å². The molecule has 2 fully saturated rings. The Labute approximate surface area is 123 Å². The molecule has 0 radical (unpaired) electrons. The largest absolute Gasteiger partial charge is 0.393 e. The van der Waals surface area contributed by atoms with E-state index in [1.54, 1.807) is 0 Å². The van der Waals surface area contributed by atoms with Gasteiger partial charge in [-0.15, -0.1) is 0 Å². The Kier molecular flexibility index (Phi) is 5.48. The lowest BCUT2D eigenvalue weighted by atomic mass is 9.77. The highest BCUT2D eigenvalue weighted by atomic mass is 16.3. The Balaban J connectivity index is 1.83. The number of carbonyl (C=O) groups is 1. The molecule has 2 aliphatic rings. The van der Waals surface area contributed by atoms with E-state index in [1.165, 1.54) is 12.8 Å². The molecule has 0 heterocycles. The van der Waals surface area contributed by atoms with Crippen LogP contribution in [-0.4, -0.2) is 23.7 Å². The lowest BCUT2D eigenvalue weighted by Gasteiger charge is -2.31. The van der Waals surface area contributed by atoms with Gasteiger partial charge in [-0.05, 0) is 56.8 Å². The summed E-state index contributed by atoms with van der Waals surface area (Å²) >= 11 is 0. The first-order valence-corrected chi connectivity index (χ1v) is 8.48. The highest BCUT2D eigenvalue weighted by Crippen LogP contribution is 2.43. The van der Waals surface area contributed by atoms with E-state index in [1.807, 2.05) is 0 Å². The van der Waals surface area contributed by atoms with Crippen LogP contribution in [0.3, 0.4) is 0 Å². The third kappa shape index (κ3) is 3.97. The molecule has 2 rings (SSSR count). The van der Waals surface area contributed by atoms with E-state index in [4.69, 9.17) is 0 Å². The predicted molar refractivity (Wildman–Crippen MR) is 81.3 cm³/mol. The van der Waals surface area contributed by atoms with Crippen molar-refractivity contribution < 1.29 is 9.90 Å². The van der Waals surface area contributed by atoms with Crippen LogP contribution in [0, 0.1) is 17.3 Å². The third-order valence-corrected chi connectivity index (χ3v) is 5.21. The fourth-order valence-electron chi connectivity index (χ4n) is 4.13. The van der Waals surface area contributed by atoms with Crippen LogP contribution < -0.4 is 5.32 Å². The molecule has 0 saturated heterocycles. The quantitative estimate of drug-likeness (QED) is 0.812. The van der Waals surface area contributed by atoms with Gasteiger partial charge in [0.1, 0.15) is 0 Å². The van der Waals surface area contributed by atoms with E-state index in [0.29, 0.717) is 17.7 Å². The number of aliphatic hydroxyl groups excluding tert-OH is 1. The van der Waals surface area contributed by atoms with Crippen LogP contribution in [0.15, 0.2) is 0 Å². The maximum Gasteiger partial charge on any atom is 0.226 e. The SMILES string of the molecule is CC(C)CC1(C(=O)NCC2CCC(O)CC2)CCCC1. The topological polar surface area (TPSA) is 49.3 Å². The average molecular weight is 281 g/mol. The van der Waals surface area contributed by atoms with E-state index in [-0.39, 0.29) is 11.5 Å². The molecule has 0 bridgehead atoms. The lowest BCUT2D eigenvalue weighted by Crippen LogP contribution is -2.42. The fraction of sp³-hybridized carbons (Fsp3) is 0.941. The van der Waals surface area contributed by atoms with Crippen molar-refractivity contribution in [2.75, 3.05) is 6.54 Å². The standard InChI is InChI=1S/C17H31NO2/c1-13(2)11-17(9-3-4-10-17)16(20)18-12-14-5-7-15(19)8-6-14/h13-15,19H,3-12H2,1-2H3,(H,18,20). The van der Waals surface area contributed by atoms with Crippen molar-refractivity contribution in [2.45, 2.75) is 77.7 Å². The first-order chi connectivity index (χ1) is 9.52. The molecule has 116 valence electrons. The van der Waals surface area contributed by atoms with Crippen molar-refractivity contribution in [1.82, 2.24) is 5.32 Å². The van der Waals surface area contributed by atoms with Gasteiger partial charge in [-0.2, -0.15) is 0 Å². The molecule has 3 nitrogen and oxygen atoms in total. The van der Waals surface area contributed by atoms with Gasteiger partial charge >= 0.3 is 0 Å². The molecule has 0 atom stereocenters. The van der Waals surface area contributed by atoms with Gasteiger partial charge in [-0.1, -0.05) is 26.7 Å². The summed E-state index contributed by atoms with van der Waals surface area (Å²) in [6, 6.07) is 0. The maximum atomic E-state index is 12.6. The predicted octanol–water partition coefficient (Wildman–Crippen LogP) is 3.26. The summed E-state index contributed by atoms with van der Waals surface area (Å²) in [6.45, 7) is 5.25. The highest BCUT2D eigenvalue weighted by Gasteiger charge is 2.41. The van der Waals surface area contributed by atoms with Crippen molar-refractivity contribution in [3.63, 3.8) is 0 Å². The van der Waals surface area contributed by atoms with E-state index in [2.05, 4.69) is 19.2 Å². The summed E-state index contributed by atoms with van der Waals surface area (Å²) < 4.78 is 0. The number of rotatable bonds is 5. The highest BCUT2D eigenvalue weighted by molar-refractivity contribution is 5.82. The number of hydrogen-bond acceptors (Lipinski definition) is 2. The molecule has 20 heavy (non-hydrogen) atoms. The summed E-state index contributed by atoms with van der Waals surface area (Å²) in [5.41, 5.74) is -0.0810. The summed E-state index contributed by atoms with van der Waals surface area (Å²) in [4.78, 5) is 12.6. The van der Waals surface area contributed by atoms with Crippen molar-refractivity contribution >= 4 is 5.91 Å². The van der Waals surface area contributed by atoms with Gasteiger partial charge < -0.3 is 10.4 Å². The van der Waals surface area contributed by atoms with Crippen molar-refractivity contribution in [3.05, 3.63) is 0 Å². The minimum Gasteiger partial charge on any atom is -0.393 e. The first-order valence-electron chi connectivity index (χ1n) is 8.48. The summed E-state index contributed by atoms with van der Waals surface area (Å²) in [6.07, 6.45) is 9.38. The van der Waals surface area contributed by atoms with Crippen molar-refractivity contribution in [1.29, 1.82) is 0 Å². The minimum atomic E-state index is -0.107. The van der Waals surface area contributed by atoms with Crippen LogP contribution in [0.25, 0.3) is 0 Å². The molecular weight excluding hydrogens is 250 g/mol. The van der Waals surface area contributed by atoms with Gasteiger partial charge in [0, 0.05) is 12.0 Å². The molecule has 0 spiro atoms. The number of amides is 1. The second-order valence-electron chi connectivity index (χ2n) is 7.47. The van der Waals surface area contributed by atoms with Gasteiger partial charge in [-0.3, -0.25) is 4.79 Å². The number of hydrogen-bond donors (Lipinski definition) is 2. The third-order valence-electron chi connectivity index (χ3n) is 5.21. The minimum absolute atomic E-state index is 0.0810. The average Bonchev–Trinajstić information content (AvgIpc) is 2.86. The zero-order chi connectivity index (χ0) is 14.6. The monoisotopic (exact) mass is 281 g/mol. The first kappa shape index (κ1) is 15.8. The summed E-state index contributed by atoms with van der Waals surface area (Å²) in [5.74, 6) is 1.46. The summed E-state index contributed by atoms with van der Waals surface area (Å²) in [7, 11) is 0. The molecular formula is C17H31NO2. The molecule has 0 aromatic carbocycles. The Morgan fingerprint density at radius 1 is 1.20 bits per heavy atom. The number of carbonyl (C=O) groups excluding carboxylic acids is 1. The van der Waals surface area contributed by atoms with Crippen molar-refractivity contribution in [2.24, 2.45) is 17.3 Å². The molecule has 2 aliphatic carbocycles. The normalized spacial score (nSPS) is 29.6. The Morgan fingerprint density at radius 2 is 1.80 bits per heavy atom. The van der Waals surface area contributed by atoms with Crippen molar-refractivity contribution in [3.8, 4) is 0 Å². The van der Waals surface area contributed by atoms with E-state index >= 15 is 0 Å². The molecule has 0 aliphatic heterocycles. The molecule has 3 heteroatoms. The van der Waals surface area contributed by atoms with Crippen LogP contribution in [0.5, 0.6) is 0 Å². The van der Waals surface area contributed by atoms with E-state index < -0.39 is 0 Å². The summed E-state index contributed by atoms with van der Waals surface area (Å²) in [5, 5.41) is 12.8. The molecule has 0 unspecified atom stereocenters. The molecule has 2 saturated carbocycles. The zero-order valence-electron chi connectivity index (χ0n) is 13.2. The molecule has 0 aromatic rings. The Hall–Kier alpha value is -0.570. The molecule has 1 amide bonds. The number of aliphatic hydroxyl groups is 1. The fourth-order valence-corrected chi connectivity index (χ4v) is 4.13. The Bertz CT molecular complexity index is 313. The van der Waals surface area contributed by atoms with Crippen LogP contribution in [-0.2, 0) is 4.79 Å². The number of nitrogens with one attached hydrogen (secondary N) is 1. The van der Waals surface area contributed by atoms with E-state index in [0.717, 1.165) is 51.5 Å². The van der Waals surface area contributed by atoms with Gasteiger partial charge in [-0.25, -0.2) is 0 Å². The van der Waals surface area contributed by atoms with Crippen LogP contribution >= 0.6 is 0 Å². The lowest BCUT2D eigenvalue weighted by molar-refractivity contribution is -0.132. The molecule has 2 N–H and O–H groups in total. The van der Waals surface area contributed by atoms with Crippen LogP contribution in [0.2, 0.25) is 0 Å². The van der Waals surface area contributed by atoms with E-state index in [9.17, 15) is 9.90 Å². The van der Waals surface area contributed by atoms with Gasteiger partial charge in [0.15, 0.2) is 0 Å².